The molecule has 0 saturated carbocycles. The zero-order chi connectivity index (χ0) is 28.3. The number of rotatable bonds is 3. The zero-order valence-electron chi connectivity index (χ0n) is 23.0. The first-order valence-corrected chi connectivity index (χ1v) is 16.1. The van der Waals surface area contributed by atoms with Crippen LogP contribution >= 0.6 is 0 Å². The number of hydrogen-bond donors (Lipinski definition) is 0. The average Bonchev–Trinajstić information content (AvgIpc) is 3.47. The van der Waals surface area contributed by atoms with Gasteiger partial charge < -0.3 is 0 Å². The van der Waals surface area contributed by atoms with Gasteiger partial charge in [0.15, 0.2) is 0 Å². The van der Waals surface area contributed by atoms with E-state index in [2.05, 4.69) is 121 Å². The summed E-state index contributed by atoms with van der Waals surface area (Å²) in [5.74, 6) is 2.06. The molecule has 0 saturated heterocycles. The van der Waals surface area contributed by atoms with Crippen LogP contribution in [0.4, 0.5) is 0 Å². The Morgan fingerprint density at radius 2 is 1.02 bits per heavy atom. The van der Waals surface area contributed by atoms with E-state index in [1.54, 1.807) is 0 Å². The van der Waals surface area contributed by atoms with E-state index in [0.717, 1.165) is 16.7 Å². The molecule has 3 nitrogen and oxygen atoms in total. The Balaban J connectivity index is 1.39. The molecular formula is C39H23N3Se. The van der Waals surface area contributed by atoms with Gasteiger partial charge in [0.25, 0.3) is 0 Å². The molecule has 0 amide bonds. The van der Waals surface area contributed by atoms with Gasteiger partial charge in [0, 0.05) is 0 Å². The summed E-state index contributed by atoms with van der Waals surface area (Å²) in [5, 5.41) is 10.0. The molecule has 4 heteroatoms. The molecule has 0 fully saturated rings. The third-order valence-corrected chi connectivity index (χ3v) is 10.8. The molecule has 200 valence electrons. The molecule has 0 unspecified atom stereocenters. The molecule has 2 heterocycles. The predicted octanol–water partition coefficient (Wildman–Crippen LogP) is 9.70. The van der Waals surface area contributed by atoms with Gasteiger partial charge in [-0.1, -0.05) is 0 Å². The minimum atomic E-state index is 0.167. The molecule has 43 heavy (non-hydrogen) atoms. The Kier molecular flexibility index (Phi) is 5.52. The molecule has 0 aliphatic carbocycles. The van der Waals surface area contributed by atoms with Crippen molar-refractivity contribution in [3.05, 3.63) is 140 Å². The van der Waals surface area contributed by atoms with Crippen molar-refractivity contribution in [2.24, 2.45) is 0 Å². The third-order valence-electron chi connectivity index (χ3n) is 8.27. The van der Waals surface area contributed by atoms with Crippen molar-refractivity contribution < 1.29 is 0 Å². The summed E-state index contributed by atoms with van der Waals surface area (Å²) in [6, 6.07) is 49.4. The van der Waals surface area contributed by atoms with Crippen LogP contribution < -0.4 is 0 Å². The molecule has 0 radical (unpaired) electrons. The number of aromatic nitrogens is 3. The molecule has 0 bridgehead atoms. The summed E-state index contributed by atoms with van der Waals surface area (Å²) in [6.07, 6.45) is 0. The minimum absolute atomic E-state index is 0.167. The Morgan fingerprint density at radius 1 is 0.395 bits per heavy atom. The first-order chi connectivity index (χ1) is 21.3. The van der Waals surface area contributed by atoms with Crippen molar-refractivity contribution in [3.63, 3.8) is 0 Å². The van der Waals surface area contributed by atoms with Crippen LogP contribution in [0.3, 0.4) is 0 Å². The van der Waals surface area contributed by atoms with E-state index in [4.69, 9.17) is 15.0 Å². The van der Waals surface area contributed by atoms with Gasteiger partial charge in [-0.15, -0.1) is 0 Å². The van der Waals surface area contributed by atoms with E-state index in [-0.39, 0.29) is 14.5 Å². The topological polar surface area (TPSA) is 38.7 Å². The Morgan fingerprint density at radius 3 is 1.88 bits per heavy atom. The van der Waals surface area contributed by atoms with Crippen molar-refractivity contribution in [3.8, 4) is 34.2 Å². The molecule has 9 aromatic rings. The van der Waals surface area contributed by atoms with Crippen LogP contribution in [0.1, 0.15) is 0 Å². The summed E-state index contributed by atoms with van der Waals surface area (Å²) in [7, 11) is 0. The van der Waals surface area contributed by atoms with Crippen molar-refractivity contribution >= 4 is 66.1 Å². The molecule has 0 spiro atoms. The van der Waals surface area contributed by atoms with Gasteiger partial charge in [-0.25, -0.2) is 0 Å². The maximum absolute atomic E-state index is 5.21. The van der Waals surface area contributed by atoms with Gasteiger partial charge in [-0.3, -0.25) is 0 Å². The summed E-state index contributed by atoms with van der Waals surface area (Å²) in [4.78, 5) is 15.4. The van der Waals surface area contributed by atoms with Crippen LogP contribution in [0.15, 0.2) is 140 Å². The number of hydrogen-bond acceptors (Lipinski definition) is 3. The van der Waals surface area contributed by atoms with E-state index in [9.17, 15) is 0 Å². The molecule has 0 aliphatic heterocycles. The fourth-order valence-corrected chi connectivity index (χ4v) is 8.95. The number of fused-ring (bicyclic) bond motifs is 8. The average molecular weight is 613 g/mol. The normalized spacial score (nSPS) is 11.7. The van der Waals surface area contributed by atoms with Gasteiger partial charge in [-0.05, 0) is 0 Å². The van der Waals surface area contributed by atoms with E-state index in [1.807, 2.05) is 18.2 Å². The monoisotopic (exact) mass is 613 g/mol. The van der Waals surface area contributed by atoms with Crippen molar-refractivity contribution in [1.82, 2.24) is 15.0 Å². The zero-order valence-corrected chi connectivity index (χ0v) is 24.7. The Labute approximate surface area is 253 Å². The molecule has 9 rings (SSSR count). The van der Waals surface area contributed by atoms with Gasteiger partial charge in [0.2, 0.25) is 0 Å². The van der Waals surface area contributed by atoms with Crippen molar-refractivity contribution in [2.75, 3.05) is 0 Å². The van der Waals surface area contributed by atoms with Crippen LogP contribution in [-0.4, -0.2) is 29.5 Å². The van der Waals surface area contributed by atoms with Crippen LogP contribution in [-0.2, 0) is 0 Å². The molecule has 2 aromatic heterocycles. The molecule has 0 N–H and O–H groups in total. The summed E-state index contributed by atoms with van der Waals surface area (Å²) in [6.45, 7) is 0. The second kappa shape index (κ2) is 9.71. The van der Waals surface area contributed by atoms with E-state index in [1.165, 1.54) is 51.6 Å². The fourth-order valence-electron chi connectivity index (χ4n) is 6.23. The molecule has 0 atom stereocenters. The summed E-state index contributed by atoms with van der Waals surface area (Å²) < 4.78 is 2.81. The third kappa shape index (κ3) is 3.99. The van der Waals surface area contributed by atoms with Crippen molar-refractivity contribution in [2.45, 2.75) is 0 Å². The summed E-state index contributed by atoms with van der Waals surface area (Å²) >= 11 is 0.167. The van der Waals surface area contributed by atoms with Crippen LogP contribution in [0.25, 0.3) is 85.8 Å². The number of benzene rings is 7. The SMILES string of the molecule is c1ccc(-c2nc(-c3ccc4ccccc4c3)nc(-c3cc4ccc5ccccc5c4c4[se]c5ccccc5c34)n2)cc1. The second-order valence-electron chi connectivity index (χ2n) is 10.8. The first kappa shape index (κ1) is 24.4. The van der Waals surface area contributed by atoms with Gasteiger partial charge in [0.05, 0.1) is 0 Å². The molecule has 0 aliphatic rings. The quantitative estimate of drug-likeness (QED) is 0.147. The van der Waals surface area contributed by atoms with Crippen molar-refractivity contribution in [1.29, 1.82) is 0 Å². The van der Waals surface area contributed by atoms with Gasteiger partial charge >= 0.3 is 255 Å². The van der Waals surface area contributed by atoms with Gasteiger partial charge in [-0.2, -0.15) is 0 Å². The van der Waals surface area contributed by atoms with Crippen LogP contribution in [0.2, 0.25) is 0 Å². The summed E-state index contributed by atoms with van der Waals surface area (Å²) in [5.41, 5.74) is 3.01. The molecule has 7 aromatic carbocycles. The first-order valence-electron chi connectivity index (χ1n) is 14.4. The fraction of sp³-hybridized carbons (Fsp3) is 0. The standard InChI is InChI=1S/C39H23N3Se/c1-2-12-26(13-3-1)37-40-38(29-21-18-24-10-4-5-14-27(24)22-29)42-39(41-37)32-23-28-20-19-25-11-6-7-15-30(25)34(28)36-35(32)31-16-8-9-17-33(31)43-36/h1-23H. The molecular weight excluding hydrogens is 589 g/mol. The predicted molar refractivity (Wildman–Crippen MR) is 181 cm³/mol. The van der Waals surface area contributed by atoms with E-state index in [0.29, 0.717) is 17.5 Å². The second-order valence-corrected chi connectivity index (χ2v) is 13.1. The van der Waals surface area contributed by atoms with Gasteiger partial charge in [0.1, 0.15) is 0 Å². The maximum atomic E-state index is 5.21. The van der Waals surface area contributed by atoms with Crippen LogP contribution in [0, 0.1) is 0 Å². The Bertz CT molecular complexity index is 2510. The number of nitrogens with zero attached hydrogens (tertiary/aromatic N) is 3. The van der Waals surface area contributed by atoms with E-state index >= 15 is 0 Å². The van der Waals surface area contributed by atoms with E-state index < -0.39 is 0 Å². The Hall–Kier alpha value is -5.15. The van der Waals surface area contributed by atoms with Crippen LogP contribution in [0.5, 0.6) is 0 Å².